The fourth-order valence-electron chi connectivity index (χ4n) is 3.36. The van der Waals surface area contributed by atoms with Crippen LogP contribution in [-0.2, 0) is 16.6 Å². The van der Waals surface area contributed by atoms with Gasteiger partial charge in [-0.3, -0.25) is 14.6 Å². The molecule has 1 heterocycles. The van der Waals surface area contributed by atoms with E-state index in [1.165, 1.54) is 25.3 Å². The van der Waals surface area contributed by atoms with Crippen LogP contribution in [0.3, 0.4) is 0 Å². The first-order chi connectivity index (χ1) is 16.4. The van der Waals surface area contributed by atoms with Crippen molar-refractivity contribution in [1.82, 2.24) is 15.5 Å². The summed E-state index contributed by atoms with van der Waals surface area (Å²) in [6.07, 6.45) is 1.68. The maximum Gasteiger partial charge on any atom is 0.265 e. The first-order valence-electron chi connectivity index (χ1n) is 10.5. The molecular weight excluding hydrogens is 452 g/mol. The number of rotatable bonds is 8. The van der Waals surface area contributed by atoms with E-state index >= 15 is 0 Å². The molecule has 9 heteroatoms. The van der Waals surface area contributed by atoms with E-state index < -0.39 is 15.9 Å². The Kier molecular flexibility index (Phi) is 6.65. The SMILES string of the molecule is COc1ccc(C(=O)NCc2ccc(-c3ccn[nH]3)cc2)cc1S(=O)(=O)Nc1ccc(C)cc1. The van der Waals surface area contributed by atoms with Crippen LogP contribution in [0.4, 0.5) is 5.69 Å². The van der Waals surface area contributed by atoms with E-state index in [1.807, 2.05) is 37.3 Å². The summed E-state index contributed by atoms with van der Waals surface area (Å²) in [5.74, 6) is -0.252. The molecular formula is C25H24N4O4S. The molecule has 3 aromatic carbocycles. The van der Waals surface area contributed by atoms with Crippen molar-refractivity contribution in [2.75, 3.05) is 11.8 Å². The van der Waals surface area contributed by atoms with Crippen LogP contribution in [0.25, 0.3) is 11.3 Å². The smallest absolute Gasteiger partial charge is 0.265 e. The van der Waals surface area contributed by atoms with Crippen LogP contribution in [0.5, 0.6) is 5.75 Å². The number of nitrogens with zero attached hydrogens (tertiary/aromatic N) is 1. The topological polar surface area (TPSA) is 113 Å². The van der Waals surface area contributed by atoms with Crippen molar-refractivity contribution in [1.29, 1.82) is 0 Å². The van der Waals surface area contributed by atoms with Gasteiger partial charge in [0.1, 0.15) is 10.6 Å². The number of hydrogen-bond acceptors (Lipinski definition) is 5. The monoisotopic (exact) mass is 476 g/mol. The molecule has 0 radical (unpaired) electrons. The Balaban J connectivity index is 1.49. The van der Waals surface area contributed by atoms with Crippen LogP contribution >= 0.6 is 0 Å². The Morgan fingerprint density at radius 1 is 1.00 bits per heavy atom. The average Bonchev–Trinajstić information content (AvgIpc) is 3.39. The van der Waals surface area contributed by atoms with E-state index in [0.29, 0.717) is 5.69 Å². The second-order valence-corrected chi connectivity index (χ2v) is 9.34. The fourth-order valence-corrected chi connectivity index (χ4v) is 4.62. The average molecular weight is 477 g/mol. The third-order valence-electron chi connectivity index (χ3n) is 5.24. The van der Waals surface area contributed by atoms with Crippen LogP contribution in [0, 0.1) is 6.92 Å². The number of nitrogens with one attached hydrogen (secondary N) is 3. The summed E-state index contributed by atoms with van der Waals surface area (Å²) in [5.41, 5.74) is 4.43. The minimum absolute atomic E-state index is 0.118. The second kappa shape index (κ2) is 9.80. The van der Waals surface area contributed by atoms with Crippen LogP contribution in [0.1, 0.15) is 21.5 Å². The van der Waals surface area contributed by atoms with Crippen molar-refractivity contribution in [3.63, 3.8) is 0 Å². The third kappa shape index (κ3) is 5.26. The summed E-state index contributed by atoms with van der Waals surface area (Å²) < 4.78 is 33.8. The molecule has 0 aliphatic heterocycles. The molecule has 0 saturated carbocycles. The van der Waals surface area contributed by atoms with E-state index in [-0.39, 0.29) is 22.8 Å². The van der Waals surface area contributed by atoms with E-state index in [9.17, 15) is 13.2 Å². The maximum absolute atomic E-state index is 13.0. The van der Waals surface area contributed by atoms with Gasteiger partial charge >= 0.3 is 0 Å². The van der Waals surface area contributed by atoms with Crippen molar-refractivity contribution in [2.45, 2.75) is 18.4 Å². The van der Waals surface area contributed by atoms with Crippen molar-refractivity contribution < 1.29 is 17.9 Å². The third-order valence-corrected chi connectivity index (χ3v) is 6.64. The lowest BCUT2D eigenvalue weighted by atomic mass is 10.1. The number of sulfonamides is 1. The molecule has 0 unspecified atom stereocenters. The minimum atomic E-state index is -3.98. The summed E-state index contributed by atoms with van der Waals surface area (Å²) in [7, 11) is -2.60. The molecule has 1 aromatic heterocycles. The number of aryl methyl sites for hydroxylation is 1. The number of methoxy groups -OCH3 is 1. The van der Waals surface area contributed by atoms with Crippen molar-refractivity contribution in [2.24, 2.45) is 0 Å². The van der Waals surface area contributed by atoms with Crippen molar-refractivity contribution in [3.05, 3.63) is 95.7 Å². The summed E-state index contributed by atoms with van der Waals surface area (Å²) in [6.45, 7) is 2.20. The van der Waals surface area contributed by atoms with Gasteiger partial charge in [-0.25, -0.2) is 8.42 Å². The lowest BCUT2D eigenvalue weighted by Gasteiger charge is -2.13. The highest BCUT2D eigenvalue weighted by molar-refractivity contribution is 7.92. The number of hydrogen-bond donors (Lipinski definition) is 3. The predicted molar refractivity (Wildman–Crippen MR) is 130 cm³/mol. The van der Waals surface area contributed by atoms with Crippen LogP contribution in [0.15, 0.2) is 83.9 Å². The first-order valence-corrected chi connectivity index (χ1v) is 12.0. The number of benzene rings is 3. The molecule has 0 saturated heterocycles. The molecule has 4 aromatic rings. The van der Waals surface area contributed by atoms with Gasteiger partial charge in [0.15, 0.2) is 0 Å². The zero-order valence-electron chi connectivity index (χ0n) is 18.7. The van der Waals surface area contributed by atoms with Gasteiger partial charge in [0.2, 0.25) is 0 Å². The second-order valence-electron chi connectivity index (χ2n) is 7.69. The zero-order chi connectivity index (χ0) is 24.1. The van der Waals surface area contributed by atoms with Gasteiger partial charge in [0, 0.05) is 24.0 Å². The fraction of sp³-hybridized carbons (Fsp3) is 0.120. The molecule has 3 N–H and O–H groups in total. The Bertz CT molecular complexity index is 1380. The molecule has 1 amide bonds. The molecule has 0 atom stereocenters. The molecule has 174 valence electrons. The maximum atomic E-state index is 13.0. The molecule has 4 rings (SSSR count). The van der Waals surface area contributed by atoms with Gasteiger partial charge in [-0.2, -0.15) is 5.10 Å². The molecule has 34 heavy (non-hydrogen) atoms. The largest absolute Gasteiger partial charge is 0.495 e. The van der Waals surface area contributed by atoms with E-state index in [0.717, 1.165) is 22.4 Å². The molecule has 0 aliphatic rings. The number of aromatic amines is 1. The molecule has 0 bridgehead atoms. The predicted octanol–water partition coefficient (Wildman–Crippen LogP) is 4.12. The molecule has 8 nitrogen and oxygen atoms in total. The van der Waals surface area contributed by atoms with Gasteiger partial charge in [0.05, 0.1) is 12.8 Å². The van der Waals surface area contributed by atoms with Crippen molar-refractivity contribution in [3.8, 4) is 17.0 Å². The number of carbonyl (C=O) groups excluding carboxylic acids is 1. The number of carbonyl (C=O) groups is 1. The minimum Gasteiger partial charge on any atom is -0.495 e. The van der Waals surface area contributed by atoms with Crippen LogP contribution < -0.4 is 14.8 Å². The highest BCUT2D eigenvalue weighted by atomic mass is 32.2. The van der Waals surface area contributed by atoms with Gasteiger partial charge < -0.3 is 10.1 Å². The van der Waals surface area contributed by atoms with Gasteiger partial charge in [0.25, 0.3) is 15.9 Å². The standard InChI is InChI=1S/C25H24N4O4S/c1-17-3-10-21(11-4-17)29-34(31,32)24-15-20(9-12-23(24)33-2)25(30)26-16-18-5-7-19(8-6-18)22-13-14-27-28-22/h3-15,29H,16H2,1-2H3,(H,26,30)(H,27,28). The summed E-state index contributed by atoms with van der Waals surface area (Å²) >= 11 is 0. The van der Waals surface area contributed by atoms with Crippen LogP contribution in [0.2, 0.25) is 0 Å². The van der Waals surface area contributed by atoms with E-state index in [1.54, 1.807) is 30.5 Å². The van der Waals surface area contributed by atoms with Gasteiger partial charge in [-0.1, -0.05) is 42.0 Å². The summed E-state index contributed by atoms with van der Waals surface area (Å²) in [6, 6.07) is 20.8. The summed E-state index contributed by atoms with van der Waals surface area (Å²) in [4.78, 5) is 12.6. The summed E-state index contributed by atoms with van der Waals surface area (Å²) in [5, 5.41) is 9.67. The number of ether oxygens (including phenoxy) is 1. The highest BCUT2D eigenvalue weighted by Gasteiger charge is 2.22. The van der Waals surface area contributed by atoms with Gasteiger partial charge in [-0.05, 0) is 54.4 Å². The van der Waals surface area contributed by atoms with Crippen LogP contribution in [-0.4, -0.2) is 31.6 Å². The lowest BCUT2D eigenvalue weighted by Crippen LogP contribution is -2.23. The molecule has 0 spiro atoms. The number of anilines is 1. The number of aromatic nitrogens is 2. The number of H-pyrrole nitrogens is 1. The number of amides is 1. The Hall–Kier alpha value is -4.11. The van der Waals surface area contributed by atoms with E-state index in [4.69, 9.17) is 4.74 Å². The van der Waals surface area contributed by atoms with Gasteiger partial charge in [-0.15, -0.1) is 0 Å². The lowest BCUT2D eigenvalue weighted by molar-refractivity contribution is 0.0950. The molecule has 0 aliphatic carbocycles. The zero-order valence-corrected chi connectivity index (χ0v) is 19.5. The quantitative estimate of drug-likeness (QED) is 0.354. The Morgan fingerprint density at radius 2 is 1.74 bits per heavy atom. The Labute approximate surface area is 198 Å². The van der Waals surface area contributed by atoms with E-state index in [2.05, 4.69) is 20.2 Å². The highest BCUT2D eigenvalue weighted by Crippen LogP contribution is 2.27. The normalized spacial score (nSPS) is 11.1. The Morgan fingerprint density at radius 3 is 2.38 bits per heavy atom. The van der Waals surface area contributed by atoms with Crippen molar-refractivity contribution >= 4 is 21.6 Å². The molecule has 0 fully saturated rings. The first kappa shape index (κ1) is 23.1.